The summed E-state index contributed by atoms with van der Waals surface area (Å²) in [5, 5.41) is 7.21. The van der Waals surface area contributed by atoms with Crippen LogP contribution in [0, 0.1) is 5.92 Å². The highest BCUT2D eigenvalue weighted by molar-refractivity contribution is 5.74. The van der Waals surface area contributed by atoms with Crippen molar-refractivity contribution in [2.75, 3.05) is 6.54 Å². The molecule has 2 aliphatic rings. The van der Waals surface area contributed by atoms with Crippen LogP contribution in [0.5, 0.6) is 0 Å². The Morgan fingerprint density at radius 1 is 1.44 bits per heavy atom. The molecule has 4 rings (SSSR count). The molecule has 2 atom stereocenters. The molecule has 25 heavy (non-hydrogen) atoms. The molecule has 2 heterocycles. The van der Waals surface area contributed by atoms with E-state index in [2.05, 4.69) is 23.4 Å². The first kappa shape index (κ1) is 16.2. The largest absolute Gasteiger partial charge is 0.464 e. The summed E-state index contributed by atoms with van der Waals surface area (Å²) in [4.78, 5) is 14.5. The zero-order chi connectivity index (χ0) is 17.2. The van der Waals surface area contributed by atoms with Gasteiger partial charge in [0.15, 0.2) is 0 Å². The van der Waals surface area contributed by atoms with E-state index in [4.69, 9.17) is 4.42 Å². The third-order valence-corrected chi connectivity index (χ3v) is 5.13. The van der Waals surface area contributed by atoms with Gasteiger partial charge >= 0.3 is 6.03 Å². The summed E-state index contributed by atoms with van der Waals surface area (Å²) < 4.78 is 7.86. The number of hydrogen-bond acceptors (Lipinski definition) is 3. The number of aromatic nitrogens is 2. The molecule has 2 saturated carbocycles. The molecule has 2 aromatic rings. The van der Waals surface area contributed by atoms with Crippen molar-refractivity contribution in [2.45, 2.75) is 57.7 Å². The average molecular weight is 342 g/mol. The lowest BCUT2D eigenvalue weighted by molar-refractivity contribution is 0.186. The van der Waals surface area contributed by atoms with Gasteiger partial charge in [-0.05, 0) is 49.8 Å². The van der Waals surface area contributed by atoms with Crippen LogP contribution in [0.15, 0.2) is 35.0 Å². The van der Waals surface area contributed by atoms with Crippen LogP contribution in [0.1, 0.15) is 50.0 Å². The highest BCUT2D eigenvalue weighted by Gasteiger charge is 2.37. The minimum Gasteiger partial charge on any atom is -0.464 e. The van der Waals surface area contributed by atoms with Crippen LogP contribution in [-0.4, -0.2) is 33.3 Å². The maximum absolute atomic E-state index is 12.5. The molecule has 2 amide bonds. The zero-order valence-corrected chi connectivity index (χ0v) is 14.7. The van der Waals surface area contributed by atoms with Crippen molar-refractivity contribution >= 4 is 6.03 Å². The Kier molecular flexibility index (Phi) is 4.51. The van der Waals surface area contributed by atoms with Gasteiger partial charge in [-0.15, -0.1) is 0 Å². The molecule has 0 bridgehead atoms. The average Bonchev–Trinajstić information content (AvgIpc) is 3.46. The van der Waals surface area contributed by atoms with E-state index in [9.17, 15) is 4.79 Å². The summed E-state index contributed by atoms with van der Waals surface area (Å²) in [6.45, 7) is 4.29. The summed E-state index contributed by atoms with van der Waals surface area (Å²) in [6.07, 6.45) is 7.98. The number of urea groups is 1. The third kappa shape index (κ3) is 4.06. The van der Waals surface area contributed by atoms with Crippen LogP contribution in [0.4, 0.5) is 4.79 Å². The molecule has 0 saturated heterocycles. The minimum atomic E-state index is 0.0145. The Balaban J connectivity index is 1.27. The summed E-state index contributed by atoms with van der Waals surface area (Å²) in [5.41, 5.74) is 0. The van der Waals surface area contributed by atoms with Crippen LogP contribution in [-0.2, 0) is 13.1 Å². The SMILES string of the molecule is C[C@@H]1C[C@H]1c1ccc(CN(C(=O)NCCCn2cccn2)C2CC2)o1. The quantitative estimate of drug-likeness (QED) is 0.748. The van der Waals surface area contributed by atoms with Crippen LogP contribution in [0.25, 0.3) is 0 Å². The van der Waals surface area contributed by atoms with Crippen LogP contribution in [0.3, 0.4) is 0 Å². The fraction of sp³-hybridized carbons (Fsp3) is 0.579. The van der Waals surface area contributed by atoms with E-state index in [1.807, 2.05) is 27.9 Å². The molecule has 2 aliphatic carbocycles. The fourth-order valence-corrected chi connectivity index (χ4v) is 3.29. The Hall–Kier alpha value is -2.24. The normalized spacial score (nSPS) is 22.0. The molecule has 2 fully saturated rings. The van der Waals surface area contributed by atoms with Gasteiger partial charge in [0.05, 0.1) is 6.54 Å². The molecule has 0 spiro atoms. The number of nitrogens with zero attached hydrogens (tertiary/aromatic N) is 3. The Morgan fingerprint density at radius 2 is 2.28 bits per heavy atom. The van der Waals surface area contributed by atoms with Gasteiger partial charge < -0.3 is 14.6 Å². The van der Waals surface area contributed by atoms with Gasteiger partial charge in [-0.25, -0.2) is 4.79 Å². The fourth-order valence-electron chi connectivity index (χ4n) is 3.29. The van der Waals surface area contributed by atoms with E-state index in [1.54, 1.807) is 6.20 Å². The van der Waals surface area contributed by atoms with Crippen molar-refractivity contribution in [2.24, 2.45) is 5.92 Å². The molecule has 1 N–H and O–H groups in total. The second kappa shape index (κ2) is 6.94. The van der Waals surface area contributed by atoms with Gasteiger partial charge in [0.25, 0.3) is 0 Å². The number of amides is 2. The molecule has 0 unspecified atom stereocenters. The van der Waals surface area contributed by atoms with E-state index in [0.29, 0.717) is 25.0 Å². The second-order valence-corrected chi connectivity index (χ2v) is 7.34. The first-order valence-corrected chi connectivity index (χ1v) is 9.31. The highest BCUT2D eigenvalue weighted by atomic mass is 16.3. The maximum atomic E-state index is 12.5. The maximum Gasteiger partial charge on any atom is 0.318 e. The lowest BCUT2D eigenvalue weighted by Gasteiger charge is -2.21. The van der Waals surface area contributed by atoms with Gasteiger partial charge in [-0.2, -0.15) is 5.10 Å². The predicted octanol–water partition coefficient (Wildman–Crippen LogP) is 3.36. The number of carbonyl (C=O) groups excluding carboxylic acids is 1. The van der Waals surface area contributed by atoms with Gasteiger partial charge in [-0.3, -0.25) is 4.68 Å². The number of furan rings is 1. The predicted molar refractivity (Wildman–Crippen MR) is 94.0 cm³/mol. The van der Waals surface area contributed by atoms with Crippen LogP contribution in [0.2, 0.25) is 0 Å². The molecule has 2 aromatic heterocycles. The van der Waals surface area contributed by atoms with Gasteiger partial charge in [-0.1, -0.05) is 6.92 Å². The second-order valence-electron chi connectivity index (χ2n) is 7.34. The summed E-state index contributed by atoms with van der Waals surface area (Å²) in [6, 6.07) is 6.39. The molecule has 0 radical (unpaired) electrons. The van der Waals surface area contributed by atoms with E-state index < -0.39 is 0 Å². The van der Waals surface area contributed by atoms with Crippen LogP contribution >= 0.6 is 0 Å². The van der Waals surface area contributed by atoms with Crippen molar-refractivity contribution in [1.82, 2.24) is 20.0 Å². The lowest BCUT2D eigenvalue weighted by atomic mass is 10.3. The molecule has 6 heteroatoms. The molecular weight excluding hydrogens is 316 g/mol. The van der Waals surface area contributed by atoms with Crippen molar-refractivity contribution in [3.63, 3.8) is 0 Å². The zero-order valence-electron chi connectivity index (χ0n) is 14.7. The van der Waals surface area contributed by atoms with Crippen molar-refractivity contribution in [1.29, 1.82) is 0 Å². The van der Waals surface area contributed by atoms with Crippen molar-refractivity contribution in [3.8, 4) is 0 Å². The molecule has 134 valence electrons. The van der Waals surface area contributed by atoms with Crippen LogP contribution < -0.4 is 5.32 Å². The molecule has 0 aromatic carbocycles. The first-order chi connectivity index (χ1) is 12.2. The standard InChI is InChI=1S/C19H26N4O2/c1-14-12-17(14)18-7-6-16(25-18)13-23(15-4-5-15)19(24)20-8-2-10-22-11-3-9-21-22/h3,6-7,9,11,14-15,17H,2,4-5,8,10,12-13H2,1H3,(H,20,24)/t14-,17-/m1/s1. The third-order valence-electron chi connectivity index (χ3n) is 5.13. The van der Waals surface area contributed by atoms with Gasteiger partial charge in [0, 0.05) is 37.4 Å². The number of rotatable bonds is 8. The van der Waals surface area contributed by atoms with E-state index in [0.717, 1.165) is 43.2 Å². The van der Waals surface area contributed by atoms with Gasteiger partial charge in [0.1, 0.15) is 11.5 Å². The Bertz CT molecular complexity index is 705. The first-order valence-electron chi connectivity index (χ1n) is 9.31. The smallest absolute Gasteiger partial charge is 0.318 e. The number of aryl methyl sites for hydroxylation is 1. The minimum absolute atomic E-state index is 0.0145. The number of hydrogen-bond donors (Lipinski definition) is 1. The number of carbonyl (C=O) groups is 1. The van der Waals surface area contributed by atoms with E-state index >= 15 is 0 Å². The number of nitrogens with one attached hydrogen (secondary N) is 1. The molecule has 6 nitrogen and oxygen atoms in total. The monoisotopic (exact) mass is 342 g/mol. The summed E-state index contributed by atoms with van der Waals surface area (Å²) in [7, 11) is 0. The van der Waals surface area contributed by atoms with Crippen molar-refractivity contribution < 1.29 is 9.21 Å². The Labute approximate surface area is 148 Å². The van der Waals surface area contributed by atoms with Gasteiger partial charge in [0.2, 0.25) is 0 Å². The molecule has 0 aliphatic heterocycles. The lowest BCUT2D eigenvalue weighted by Crippen LogP contribution is -2.41. The van der Waals surface area contributed by atoms with E-state index in [1.165, 1.54) is 6.42 Å². The van der Waals surface area contributed by atoms with E-state index in [-0.39, 0.29) is 6.03 Å². The summed E-state index contributed by atoms with van der Waals surface area (Å²) in [5.74, 6) is 3.29. The summed E-state index contributed by atoms with van der Waals surface area (Å²) >= 11 is 0. The molecular formula is C19H26N4O2. The topological polar surface area (TPSA) is 63.3 Å². The Morgan fingerprint density at radius 3 is 2.96 bits per heavy atom. The highest BCUT2D eigenvalue weighted by Crippen LogP contribution is 2.47. The van der Waals surface area contributed by atoms with Crippen molar-refractivity contribution in [3.05, 3.63) is 42.1 Å².